The molecular formula is C25H37ClF3N3O2. The number of hydrogen-bond donors (Lipinski definition) is 2. The fraction of sp³-hybridized carbons (Fsp3) is 0.680. The van der Waals surface area contributed by atoms with E-state index in [0.717, 1.165) is 50.6 Å². The number of carbonyl (C=O) groups excluding carboxylic acids is 2. The summed E-state index contributed by atoms with van der Waals surface area (Å²) in [5.74, 6) is -2.85. The molecule has 1 spiro atoms. The van der Waals surface area contributed by atoms with Crippen LogP contribution in [-0.2, 0) is 4.79 Å². The number of anilines is 1. The summed E-state index contributed by atoms with van der Waals surface area (Å²) in [4.78, 5) is 24.7. The Morgan fingerprint density at radius 3 is 2.38 bits per heavy atom. The number of halogens is 4. The van der Waals surface area contributed by atoms with Gasteiger partial charge in [-0.1, -0.05) is 25.4 Å². The third-order valence-electron chi connectivity index (χ3n) is 6.90. The van der Waals surface area contributed by atoms with Gasteiger partial charge < -0.3 is 15.5 Å². The second-order valence-electron chi connectivity index (χ2n) is 9.78. The number of hydrogen-bond acceptors (Lipinski definition) is 4. The van der Waals surface area contributed by atoms with Crippen LogP contribution in [0.4, 0.5) is 18.9 Å². The van der Waals surface area contributed by atoms with Crippen molar-refractivity contribution in [2.24, 2.45) is 23.2 Å². The number of benzene rings is 1. The lowest BCUT2D eigenvalue weighted by Crippen LogP contribution is -2.48. The number of carbonyl (C=O) groups is 2. The van der Waals surface area contributed by atoms with Crippen LogP contribution >= 0.6 is 11.6 Å². The first-order chi connectivity index (χ1) is 16.0. The molecule has 2 unspecified atom stereocenters. The molecule has 1 aliphatic heterocycles. The first-order valence-electron chi connectivity index (χ1n) is 11.9. The van der Waals surface area contributed by atoms with Crippen LogP contribution in [0.3, 0.4) is 0 Å². The van der Waals surface area contributed by atoms with E-state index in [-0.39, 0.29) is 5.41 Å². The molecule has 2 aliphatic rings. The molecule has 1 aromatic rings. The highest BCUT2D eigenvalue weighted by atomic mass is 35.5. The van der Waals surface area contributed by atoms with Crippen LogP contribution in [0.1, 0.15) is 56.3 Å². The highest BCUT2D eigenvalue weighted by molar-refractivity contribution is 6.33. The van der Waals surface area contributed by atoms with E-state index in [1.54, 1.807) is 12.1 Å². The first kappa shape index (κ1) is 28.4. The van der Waals surface area contributed by atoms with Crippen molar-refractivity contribution in [2.45, 2.75) is 52.1 Å². The van der Waals surface area contributed by atoms with Crippen LogP contribution in [0.2, 0.25) is 5.02 Å². The average Bonchev–Trinajstić information content (AvgIpc) is 3.42. The molecule has 2 fully saturated rings. The summed E-state index contributed by atoms with van der Waals surface area (Å²) in [7, 11) is 3.75. The fourth-order valence-electron chi connectivity index (χ4n) is 4.94. The molecule has 1 saturated heterocycles. The maximum absolute atomic E-state index is 13.3. The Kier molecular flexibility index (Phi) is 10.2. The Morgan fingerprint density at radius 2 is 1.88 bits per heavy atom. The van der Waals surface area contributed by atoms with Gasteiger partial charge in [-0.3, -0.25) is 9.59 Å². The lowest BCUT2D eigenvalue weighted by Gasteiger charge is -2.36. The zero-order valence-corrected chi connectivity index (χ0v) is 21.2. The lowest BCUT2D eigenvalue weighted by atomic mass is 9.87. The van der Waals surface area contributed by atoms with Crippen LogP contribution in [0, 0.1) is 23.2 Å². The van der Waals surface area contributed by atoms with Gasteiger partial charge in [0.2, 0.25) is 5.91 Å². The van der Waals surface area contributed by atoms with Crippen molar-refractivity contribution in [3.8, 4) is 0 Å². The molecule has 2 N–H and O–H groups in total. The van der Waals surface area contributed by atoms with E-state index in [0.29, 0.717) is 29.6 Å². The number of nitrogens with one attached hydrogen (secondary N) is 2. The molecule has 2 atom stereocenters. The zero-order chi connectivity index (χ0) is 25.5. The molecule has 5 nitrogen and oxygen atoms in total. The minimum absolute atomic E-state index is 0.206. The van der Waals surface area contributed by atoms with Crippen molar-refractivity contribution in [1.29, 1.82) is 0 Å². The van der Waals surface area contributed by atoms with Gasteiger partial charge in [-0.15, -0.1) is 0 Å². The zero-order valence-electron chi connectivity index (χ0n) is 20.5. The monoisotopic (exact) mass is 503 g/mol. The van der Waals surface area contributed by atoms with Crippen LogP contribution in [0.25, 0.3) is 0 Å². The van der Waals surface area contributed by atoms with Gasteiger partial charge in [0.15, 0.2) is 6.29 Å². The van der Waals surface area contributed by atoms with E-state index in [9.17, 15) is 22.8 Å². The molecule has 0 aromatic heterocycles. The van der Waals surface area contributed by atoms with E-state index >= 15 is 0 Å². The summed E-state index contributed by atoms with van der Waals surface area (Å²) < 4.78 is 39.8. The van der Waals surface area contributed by atoms with Crippen molar-refractivity contribution >= 4 is 29.5 Å². The maximum atomic E-state index is 13.3. The largest absolute Gasteiger partial charge is 0.400 e. The molecule has 1 aromatic carbocycles. The first-order valence-corrected chi connectivity index (χ1v) is 12.3. The number of rotatable bonds is 8. The average molecular weight is 504 g/mol. The van der Waals surface area contributed by atoms with Crippen molar-refractivity contribution in [3.63, 3.8) is 0 Å². The summed E-state index contributed by atoms with van der Waals surface area (Å²) in [6.45, 7) is 4.55. The summed E-state index contributed by atoms with van der Waals surface area (Å²) in [5.41, 5.74) is 1.54. The summed E-state index contributed by atoms with van der Waals surface area (Å²) in [6, 6.07) is 5.25. The predicted molar refractivity (Wildman–Crippen MR) is 130 cm³/mol. The SMILES string of the molecule is CC(C)C(C(=O)N1CCC2(CC1)CC2CCCNc1ccc(C=O)c(Cl)c1)C(F)(F)F.CNC. The van der Waals surface area contributed by atoms with Gasteiger partial charge in [-0.2, -0.15) is 13.2 Å². The highest BCUT2D eigenvalue weighted by Gasteiger charge is 2.55. The van der Waals surface area contributed by atoms with Gasteiger partial charge in [0, 0.05) is 30.9 Å². The van der Waals surface area contributed by atoms with Crippen molar-refractivity contribution < 1.29 is 22.8 Å². The number of aldehydes is 1. The van der Waals surface area contributed by atoms with E-state index in [1.807, 2.05) is 20.2 Å². The minimum atomic E-state index is -4.49. The van der Waals surface area contributed by atoms with E-state index in [1.165, 1.54) is 18.7 Å². The van der Waals surface area contributed by atoms with Crippen LogP contribution in [0.15, 0.2) is 18.2 Å². The summed E-state index contributed by atoms with van der Waals surface area (Å²) in [6.07, 6.45) is 0.951. The van der Waals surface area contributed by atoms with Crippen molar-refractivity contribution in [2.75, 3.05) is 39.0 Å². The minimum Gasteiger partial charge on any atom is -0.385 e. The molecule has 34 heavy (non-hydrogen) atoms. The smallest absolute Gasteiger partial charge is 0.385 e. The molecule has 0 bridgehead atoms. The van der Waals surface area contributed by atoms with Gasteiger partial charge >= 0.3 is 6.18 Å². The molecule has 0 radical (unpaired) electrons. The Hall–Kier alpha value is -1.80. The molecule has 1 amide bonds. The summed E-state index contributed by atoms with van der Waals surface area (Å²) in [5, 5.41) is 6.48. The Balaban J connectivity index is 0.00000129. The van der Waals surface area contributed by atoms with Gasteiger partial charge in [0.25, 0.3) is 0 Å². The fourth-order valence-corrected chi connectivity index (χ4v) is 5.16. The third kappa shape index (κ3) is 7.35. The van der Waals surface area contributed by atoms with Gasteiger partial charge in [0.1, 0.15) is 5.92 Å². The van der Waals surface area contributed by atoms with Gasteiger partial charge in [0.05, 0.1) is 5.02 Å². The van der Waals surface area contributed by atoms with E-state index in [4.69, 9.17) is 11.6 Å². The Labute approximate surface area is 205 Å². The normalized spacial score (nSPS) is 19.9. The summed E-state index contributed by atoms with van der Waals surface area (Å²) >= 11 is 6.03. The van der Waals surface area contributed by atoms with Crippen LogP contribution in [-0.4, -0.2) is 57.0 Å². The molecule has 9 heteroatoms. The Morgan fingerprint density at radius 1 is 1.26 bits per heavy atom. The number of amides is 1. The van der Waals surface area contributed by atoms with E-state index < -0.39 is 23.9 Å². The second-order valence-corrected chi connectivity index (χ2v) is 10.2. The van der Waals surface area contributed by atoms with Crippen molar-refractivity contribution in [3.05, 3.63) is 28.8 Å². The molecule has 1 saturated carbocycles. The molecule has 192 valence electrons. The van der Waals surface area contributed by atoms with Crippen molar-refractivity contribution in [1.82, 2.24) is 10.2 Å². The number of likely N-dealkylation sites (tertiary alicyclic amines) is 1. The molecule has 1 heterocycles. The van der Waals surface area contributed by atoms with Gasteiger partial charge in [-0.05, 0) is 81.6 Å². The number of piperidine rings is 1. The predicted octanol–water partition coefficient (Wildman–Crippen LogP) is 5.64. The van der Waals surface area contributed by atoms with Crippen LogP contribution < -0.4 is 10.6 Å². The topological polar surface area (TPSA) is 61.4 Å². The standard InChI is InChI=1S/C23H30ClF3N2O2.C2H7N/c1-15(2)20(23(25,26)27)21(31)29-10-7-22(8-11-29)13-17(22)4-3-9-28-18-6-5-16(14-30)19(24)12-18;1-3-2/h5-6,12,14-15,17,20,28H,3-4,7-11,13H2,1-2H3;3H,1-2H3. The second kappa shape index (κ2) is 12.2. The number of alkyl halides is 3. The molecule has 3 rings (SSSR count). The highest BCUT2D eigenvalue weighted by Crippen LogP contribution is 2.61. The maximum Gasteiger partial charge on any atom is 0.400 e. The van der Waals surface area contributed by atoms with E-state index in [2.05, 4.69) is 10.6 Å². The lowest BCUT2D eigenvalue weighted by molar-refractivity contribution is -0.198. The quantitative estimate of drug-likeness (QED) is 0.356. The number of nitrogens with zero attached hydrogens (tertiary/aromatic N) is 1. The Bertz CT molecular complexity index is 824. The molecular weight excluding hydrogens is 467 g/mol. The van der Waals surface area contributed by atoms with Crippen LogP contribution in [0.5, 0.6) is 0 Å². The molecule has 1 aliphatic carbocycles. The third-order valence-corrected chi connectivity index (χ3v) is 7.23. The van der Waals surface area contributed by atoms with Gasteiger partial charge in [-0.25, -0.2) is 0 Å².